The van der Waals surface area contributed by atoms with Crippen molar-refractivity contribution in [3.63, 3.8) is 0 Å². The van der Waals surface area contributed by atoms with Crippen LogP contribution in [0, 0.1) is 29.9 Å². The molecule has 0 amide bonds. The Morgan fingerprint density at radius 1 is 1.10 bits per heavy atom. The number of hydrogen-bond donors (Lipinski definition) is 0. The van der Waals surface area contributed by atoms with Gasteiger partial charge in [0.1, 0.15) is 0 Å². The highest BCUT2D eigenvalue weighted by atomic mass is 19.2. The minimum Gasteiger partial charge on any atom is -0.204 e. The van der Waals surface area contributed by atoms with Crippen molar-refractivity contribution in [1.82, 2.24) is 0 Å². The summed E-state index contributed by atoms with van der Waals surface area (Å²) in [6.07, 6.45) is 13.9. The zero-order chi connectivity index (χ0) is 14.4. The number of allylic oxidation sites excluding steroid dienone is 2. The van der Waals surface area contributed by atoms with Crippen molar-refractivity contribution in [3.05, 3.63) is 54.0 Å². The van der Waals surface area contributed by atoms with E-state index in [1.165, 1.54) is 50.7 Å². The Kier molecular flexibility index (Phi) is 5.75. The lowest BCUT2D eigenvalue weighted by molar-refractivity contribution is 0.294. The van der Waals surface area contributed by atoms with E-state index in [2.05, 4.69) is 13.0 Å². The summed E-state index contributed by atoms with van der Waals surface area (Å²) in [5.41, 5.74) is 0.708. The molecule has 0 heterocycles. The third-order valence-electron chi connectivity index (χ3n) is 4.20. The van der Waals surface area contributed by atoms with E-state index >= 15 is 0 Å². The molecule has 0 spiro atoms. The highest BCUT2D eigenvalue weighted by Gasteiger charge is 2.18. The van der Waals surface area contributed by atoms with Crippen molar-refractivity contribution >= 4 is 0 Å². The monoisotopic (exact) mass is 277 g/mol. The van der Waals surface area contributed by atoms with Gasteiger partial charge in [0, 0.05) is 6.42 Å². The molecule has 0 bridgehead atoms. The van der Waals surface area contributed by atoms with Gasteiger partial charge in [-0.3, -0.25) is 0 Å². The predicted octanol–water partition coefficient (Wildman–Crippen LogP) is 5.68. The van der Waals surface area contributed by atoms with E-state index in [1.807, 2.05) is 12.5 Å². The predicted molar refractivity (Wildman–Crippen MR) is 79.3 cm³/mol. The Bertz CT molecular complexity index is 443. The summed E-state index contributed by atoms with van der Waals surface area (Å²) in [4.78, 5) is 0. The Morgan fingerprint density at radius 3 is 2.50 bits per heavy atom. The van der Waals surface area contributed by atoms with Crippen LogP contribution in [0.2, 0.25) is 0 Å². The van der Waals surface area contributed by atoms with Gasteiger partial charge in [0.25, 0.3) is 0 Å². The van der Waals surface area contributed by atoms with Gasteiger partial charge in [0.05, 0.1) is 0 Å². The molecule has 1 aromatic rings. The number of benzene rings is 1. The van der Waals surface area contributed by atoms with Crippen LogP contribution in [-0.4, -0.2) is 0 Å². The third kappa shape index (κ3) is 4.43. The lowest BCUT2D eigenvalue weighted by atomic mass is 9.80. The van der Waals surface area contributed by atoms with Gasteiger partial charge in [0.15, 0.2) is 11.6 Å². The molecule has 1 aromatic carbocycles. The molecule has 2 rings (SSSR count). The molecule has 0 atom stereocenters. The van der Waals surface area contributed by atoms with Crippen LogP contribution in [-0.2, 0) is 0 Å². The van der Waals surface area contributed by atoms with Crippen LogP contribution in [0.5, 0.6) is 0 Å². The summed E-state index contributed by atoms with van der Waals surface area (Å²) in [7, 11) is 0. The van der Waals surface area contributed by atoms with Crippen LogP contribution in [0.1, 0.15) is 51.0 Å². The fourth-order valence-corrected chi connectivity index (χ4v) is 3.02. The summed E-state index contributed by atoms with van der Waals surface area (Å²) in [5.74, 6) is -0.0166. The molecule has 1 saturated carbocycles. The molecule has 0 unspecified atom stereocenters. The van der Waals surface area contributed by atoms with Gasteiger partial charge < -0.3 is 0 Å². The fraction of sp³-hybridized carbons (Fsp3) is 0.500. The second kappa shape index (κ2) is 7.56. The van der Waals surface area contributed by atoms with Gasteiger partial charge >= 0.3 is 0 Å². The molecule has 0 aromatic heterocycles. The van der Waals surface area contributed by atoms with Crippen LogP contribution in [0.3, 0.4) is 0 Å². The van der Waals surface area contributed by atoms with Gasteiger partial charge in [-0.1, -0.05) is 38.0 Å². The summed E-state index contributed by atoms with van der Waals surface area (Å²) >= 11 is 0. The molecule has 0 nitrogen and oxygen atoms in total. The van der Waals surface area contributed by atoms with Gasteiger partial charge in [0.2, 0.25) is 0 Å². The third-order valence-corrected chi connectivity index (χ3v) is 4.20. The van der Waals surface area contributed by atoms with Crippen molar-refractivity contribution in [2.75, 3.05) is 0 Å². The van der Waals surface area contributed by atoms with E-state index < -0.39 is 11.6 Å². The summed E-state index contributed by atoms with van der Waals surface area (Å²) in [6.45, 7) is 2.25. The van der Waals surface area contributed by atoms with Crippen molar-refractivity contribution in [2.45, 2.75) is 45.4 Å². The Labute approximate surface area is 120 Å². The van der Waals surface area contributed by atoms with Gasteiger partial charge in [-0.2, -0.15) is 0 Å². The first-order valence-electron chi connectivity index (χ1n) is 7.65. The highest BCUT2D eigenvalue weighted by molar-refractivity contribution is 5.29. The van der Waals surface area contributed by atoms with Crippen LogP contribution in [0.15, 0.2) is 30.4 Å². The maximum absolute atomic E-state index is 13.1. The maximum Gasteiger partial charge on any atom is 0.159 e. The van der Waals surface area contributed by atoms with Gasteiger partial charge in [-0.15, -0.1) is 0 Å². The molecule has 1 radical (unpaired) electrons. The van der Waals surface area contributed by atoms with Crippen molar-refractivity contribution < 1.29 is 8.78 Å². The Balaban J connectivity index is 1.78. The summed E-state index contributed by atoms with van der Waals surface area (Å²) in [6, 6.07) is 4.00. The van der Waals surface area contributed by atoms with E-state index in [4.69, 9.17) is 0 Å². The molecule has 20 heavy (non-hydrogen) atoms. The second-order valence-corrected chi connectivity index (χ2v) is 5.79. The lowest BCUT2D eigenvalue weighted by Crippen LogP contribution is -2.12. The standard InChI is InChI=1S/C18H23F2/c1-2-4-14-7-9-15(10-8-14)5-3-6-16-11-12-17(19)18(20)13-16/h3,5-6,11-15H,2,4,7-10H2,1H3/b5-3+/t14-,15-. The average molecular weight is 277 g/mol. The van der Waals surface area contributed by atoms with E-state index in [1.54, 1.807) is 6.07 Å². The van der Waals surface area contributed by atoms with E-state index in [0.29, 0.717) is 11.5 Å². The summed E-state index contributed by atoms with van der Waals surface area (Å²) < 4.78 is 25.9. The first-order valence-corrected chi connectivity index (χ1v) is 7.65. The molecule has 1 aliphatic carbocycles. The SMILES string of the molecule is CCC[C@H]1CC[C@H](/C=C/[CH]c2ccc(F)c(F)c2)CC1. The molecular formula is C18H23F2. The molecule has 109 valence electrons. The molecule has 0 aliphatic heterocycles. The number of hydrogen-bond acceptors (Lipinski definition) is 0. The molecule has 1 fully saturated rings. The van der Waals surface area contributed by atoms with Crippen LogP contribution in [0.4, 0.5) is 8.78 Å². The van der Waals surface area contributed by atoms with E-state index in [9.17, 15) is 8.78 Å². The second-order valence-electron chi connectivity index (χ2n) is 5.79. The van der Waals surface area contributed by atoms with Gasteiger partial charge in [-0.05, 0) is 55.2 Å². The first kappa shape index (κ1) is 15.2. The Morgan fingerprint density at radius 2 is 1.85 bits per heavy atom. The van der Waals surface area contributed by atoms with Crippen LogP contribution < -0.4 is 0 Å². The van der Waals surface area contributed by atoms with Crippen molar-refractivity contribution in [2.24, 2.45) is 11.8 Å². The van der Waals surface area contributed by atoms with Gasteiger partial charge in [-0.25, -0.2) is 8.78 Å². The first-order chi connectivity index (χ1) is 9.69. The Hall–Kier alpha value is -1.18. The number of rotatable bonds is 5. The van der Waals surface area contributed by atoms with E-state index in [0.717, 1.165) is 5.92 Å². The zero-order valence-electron chi connectivity index (χ0n) is 12.1. The zero-order valence-corrected chi connectivity index (χ0v) is 12.1. The smallest absolute Gasteiger partial charge is 0.159 e. The number of halogens is 2. The van der Waals surface area contributed by atoms with Crippen molar-refractivity contribution in [1.29, 1.82) is 0 Å². The summed E-state index contributed by atoms with van der Waals surface area (Å²) in [5, 5.41) is 0. The van der Waals surface area contributed by atoms with Crippen molar-refractivity contribution in [3.8, 4) is 0 Å². The normalized spacial score (nSPS) is 23.4. The molecule has 1 aliphatic rings. The average Bonchev–Trinajstić information content (AvgIpc) is 2.45. The van der Waals surface area contributed by atoms with Crippen LogP contribution >= 0.6 is 0 Å². The molecule has 0 saturated heterocycles. The van der Waals surface area contributed by atoms with Crippen LogP contribution in [0.25, 0.3) is 0 Å². The minimum atomic E-state index is -0.791. The fourth-order valence-electron chi connectivity index (χ4n) is 3.02. The molecule has 0 N–H and O–H groups in total. The largest absolute Gasteiger partial charge is 0.204 e. The minimum absolute atomic E-state index is 0.643. The topological polar surface area (TPSA) is 0 Å². The maximum atomic E-state index is 13.1. The molecule has 2 heteroatoms. The quantitative estimate of drug-likeness (QED) is 0.649. The van der Waals surface area contributed by atoms with E-state index in [-0.39, 0.29) is 0 Å². The highest BCUT2D eigenvalue weighted by Crippen LogP contribution is 2.32. The molecular weight excluding hydrogens is 254 g/mol. The lowest BCUT2D eigenvalue weighted by Gasteiger charge is -2.26.